The van der Waals surface area contributed by atoms with Crippen LogP contribution in [0.5, 0.6) is 5.88 Å². The smallest absolute Gasteiger partial charge is 0.277 e. The van der Waals surface area contributed by atoms with Gasteiger partial charge in [-0.1, -0.05) is 43.7 Å². The first-order valence-electron chi connectivity index (χ1n) is 12.9. The molecule has 0 fully saturated rings. The number of unbranched alkanes of at least 4 members (excludes halogenated alkanes) is 1. The van der Waals surface area contributed by atoms with Crippen LogP contribution in [0.4, 0.5) is 0 Å². The summed E-state index contributed by atoms with van der Waals surface area (Å²) < 4.78 is 28.9. The first kappa shape index (κ1) is 26.3. The zero-order valence-corrected chi connectivity index (χ0v) is 22.6. The van der Waals surface area contributed by atoms with Crippen molar-refractivity contribution in [3.63, 3.8) is 0 Å². The third-order valence-electron chi connectivity index (χ3n) is 7.31. The Morgan fingerprint density at radius 2 is 1.90 bits per heavy atom. The van der Waals surface area contributed by atoms with Crippen molar-refractivity contribution >= 4 is 9.84 Å². The molecule has 0 saturated heterocycles. The number of rotatable bonds is 7. The van der Waals surface area contributed by atoms with Crippen LogP contribution in [-0.4, -0.2) is 28.1 Å². The molecule has 0 saturated carbocycles. The molecular weight excluding hydrogens is 512 g/mol. The molecular formula is C30H28N4O4S. The highest BCUT2D eigenvalue weighted by atomic mass is 32.2. The highest BCUT2D eigenvalue weighted by Gasteiger charge is 2.34. The standard InChI is InChI=1S/C30H28N4O4S/c1-3-4-10-27-33-29(35)28(30(36)34(27)26-16-15-24-21(18-31)7-5-8-25(24)26)39(37,38)22-13-11-20(12-14-22)23-9-6-17-32-19(23)2/h5-9,11-14,17,26,35H,3-4,10,15-16H2,1-2H3/t26-/m0/s1. The van der Waals surface area contributed by atoms with E-state index in [1.807, 2.05) is 26.0 Å². The second-order valence-electron chi connectivity index (χ2n) is 9.66. The summed E-state index contributed by atoms with van der Waals surface area (Å²) in [5.74, 6) is -0.459. The number of hydrogen-bond acceptors (Lipinski definition) is 7. The largest absolute Gasteiger partial charge is 0.492 e. The monoisotopic (exact) mass is 540 g/mol. The summed E-state index contributed by atoms with van der Waals surface area (Å²) in [5.41, 5.74) is 3.85. The number of aryl methyl sites for hydroxylation is 2. The molecule has 39 heavy (non-hydrogen) atoms. The molecule has 4 aromatic rings. The van der Waals surface area contributed by atoms with Crippen LogP contribution in [0.25, 0.3) is 11.1 Å². The van der Waals surface area contributed by atoms with Crippen LogP contribution in [-0.2, 0) is 22.7 Å². The zero-order valence-electron chi connectivity index (χ0n) is 21.8. The molecule has 1 aliphatic carbocycles. The van der Waals surface area contributed by atoms with E-state index in [1.165, 1.54) is 16.7 Å². The molecule has 5 rings (SSSR count). The van der Waals surface area contributed by atoms with Gasteiger partial charge in [0.2, 0.25) is 15.7 Å². The van der Waals surface area contributed by atoms with Crippen LogP contribution in [0, 0.1) is 18.3 Å². The van der Waals surface area contributed by atoms with Crippen LogP contribution >= 0.6 is 0 Å². The third kappa shape index (κ3) is 4.61. The SMILES string of the molecule is CCCCc1nc(O)c(S(=O)(=O)c2ccc(-c3cccnc3C)cc2)c(=O)n1[C@H]1CCc2c(C#N)cccc21. The van der Waals surface area contributed by atoms with Gasteiger partial charge in [-0.15, -0.1) is 0 Å². The molecule has 0 unspecified atom stereocenters. The summed E-state index contributed by atoms with van der Waals surface area (Å²) in [6, 6.07) is 17.0. The van der Waals surface area contributed by atoms with Crippen LogP contribution in [0.1, 0.15) is 60.4 Å². The highest BCUT2D eigenvalue weighted by molar-refractivity contribution is 7.91. The van der Waals surface area contributed by atoms with Crippen molar-refractivity contribution in [2.75, 3.05) is 0 Å². The summed E-state index contributed by atoms with van der Waals surface area (Å²) in [7, 11) is -4.40. The van der Waals surface area contributed by atoms with Gasteiger partial charge in [-0.2, -0.15) is 10.2 Å². The lowest BCUT2D eigenvalue weighted by atomic mass is 10.0. The number of sulfone groups is 1. The molecule has 1 N–H and O–H groups in total. The lowest BCUT2D eigenvalue weighted by Crippen LogP contribution is -2.33. The van der Waals surface area contributed by atoms with E-state index in [9.17, 15) is 23.6 Å². The number of benzene rings is 2. The summed E-state index contributed by atoms with van der Waals surface area (Å²) in [4.78, 5) is 21.7. The van der Waals surface area contributed by atoms with Crippen molar-refractivity contribution in [1.82, 2.24) is 14.5 Å². The summed E-state index contributed by atoms with van der Waals surface area (Å²) >= 11 is 0. The molecule has 8 nitrogen and oxygen atoms in total. The van der Waals surface area contributed by atoms with E-state index in [4.69, 9.17) is 0 Å². The van der Waals surface area contributed by atoms with Crippen LogP contribution in [0.3, 0.4) is 0 Å². The van der Waals surface area contributed by atoms with Crippen LogP contribution in [0.15, 0.2) is 75.4 Å². The minimum Gasteiger partial charge on any atom is -0.492 e. The molecule has 0 radical (unpaired) electrons. The zero-order chi connectivity index (χ0) is 27.7. The number of aromatic hydroxyl groups is 1. The Labute approximate surface area is 227 Å². The Bertz CT molecular complexity index is 1770. The van der Waals surface area contributed by atoms with Gasteiger partial charge in [-0.3, -0.25) is 14.3 Å². The second kappa shape index (κ2) is 10.5. The van der Waals surface area contributed by atoms with E-state index in [0.29, 0.717) is 37.1 Å². The Balaban J connectivity index is 1.64. The molecule has 198 valence electrons. The Hall–Kier alpha value is -4.29. The van der Waals surface area contributed by atoms with E-state index >= 15 is 0 Å². The average molecular weight is 541 g/mol. The second-order valence-corrected chi connectivity index (χ2v) is 11.5. The lowest BCUT2D eigenvalue weighted by Gasteiger charge is -2.21. The molecule has 0 spiro atoms. The number of nitrogens with zero attached hydrogens (tertiary/aromatic N) is 4. The number of hydrogen-bond donors (Lipinski definition) is 1. The molecule has 2 heterocycles. The minimum absolute atomic E-state index is 0.117. The fourth-order valence-electron chi connectivity index (χ4n) is 5.34. The Kier molecular flexibility index (Phi) is 7.06. The molecule has 0 bridgehead atoms. The molecule has 0 aliphatic heterocycles. The van der Waals surface area contributed by atoms with E-state index in [1.54, 1.807) is 36.5 Å². The van der Waals surface area contributed by atoms with Gasteiger partial charge in [0.15, 0.2) is 4.90 Å². The topological polar surface area (TPSA) is 126 Å². The lowest BCUT2D eigenvalue weighted by molar-refractivity contribution is 0.408. The predicted octanol–water partition coefficient (Wildman–Crippen LogP) is 4.90. The average Bonchev–Trinajstić information content (AvgIpc) is 3.36. The first-order valence-corrected chi connectivity index (χ1v) is 14.4. The van der Waals surface area contributed by atoms with Crippen molar-refractivity contribution in [2.45, 2.75) is 61.8 Å². The molecule has 1 atom stereocenters. The van der Waals surface area contributed by atoms with E-state index in [0.717, 1.165) is 34.4 Å². The van der Waals surface area contributed by atoms with Gasteiger partial charge in [-0.05, 0) is 67.1 Å². The number of nitriles is 1. The maximum atomic E-state index is 14.0. The van der Waals surface area contributed by atoms with Crippen LogP contribution in [0.2, 0.25) is 0 Å². The maximum Gasteiger partial charge on any atom is 0.277 e. The minimum atomic E-state index is -4.40. The Morgan fingerprint density at radius 1 is 1.13 bits per heavy atom. The number of fused-ring (bicyclic) bond motifs is 1. The van der Waals surface area contributed by atoms with E-state index < -0.39 is 32.2 Å². The van der Waals surface area contributed by atoms with Crippen molar-refractivity contribution < 1.29 is 13.5 Å². The molecule has 2 aromatic carbocycles. The van der Waals surface area contributed by atoms with Crippen LogP contribution < -0.4 is 5.56 Å². The van der Waals surface area contributed by atoms with Gasteiger partial charge >= 0.3 is 0 Å². The normalized spacial score (nSPS) is 14.6. The van der Waals surface area contributed by atoms with Gasteiger partial charge in [0, 0.05) is 23.9 Å². The fraction of sp³-hybridized carbons (Fsp3) is 0.267. The third-order valence-corrected chi connectivity index (χ3v) is 9.09. The van der Waals surface area contributed by atoms with Crippen molar-refractivity contribution in [3.8, 4) is 23.1 Å². The maximum absolute atomic E-state index is 14.0. The van der Waals surface area contributed by atoms with Gasteiger partial charge in [-0.25, -0.2) is 8.42 Å². The fourth-order valence-corrected chi connectivity index (χ4v) is 6.69. The van der Waals surface area contributed by atoms with E-state index in [2.05, 4.69) is 16.0 Å². The summed E-state index contributed by atoms with van der Waals surface area (Å²) in [5, 5.41) is 20.4. The Morgan fingerprint density at radius 3 is 2.59 bits per heavy atom. The molecule has 1 aliphatic rings. The quantitative estimate of drug-likeness (QED) is 0.353. The van der Waals surface area contributed by atoms with Gasteiger partial charge in [0.1, 0.15) is 5.82 Å². The predicted molar refractivity (Wildman–Crippen MR) is 146 cm³/mol. The van der Waals surface area contributed by atoms with Gasteiger partial charge in [0.25, 0.3) is 5.56 Å². The van der Waals surface area contributed by atoms with Crippen molar-refractivity contribution in [1.29, 1.82) is 5.26 Å². The molecule has 9 heteroatoms. The number of aromatic nitrogens is 3. The summed E-state index contributed by atoms with van der Waals surface area (Å²) in [6.45, 7) is 3.87. The van der Waals surface area contributed by atoms with Crippen molar-refractivity contribution in [3.05, 3.63) is 99.4 Å². The van der Waals surface area contributed by atoms with Gasteiger partial charge in [0.05, 0.1) is 22.6 Å². The van der Waals surface area contributed by atoms with E-state index in [-0.39, 0.29) is 4.90 Å². The first-order chi connectivity index (χ1) is 18.8. The molecule has 2 aromatic heterocycles. The molecule has 0 amide bonds. The number of pyridine rings is 1. The summed E-state index contributed by atoms with van der Waals surface area (Å²) in [6.07, 6.45) is 4.75. The van der Waals surface area contributed by atoms with Gasteiger partial charge < -0.3 is 5.11 Å². The highest BCUT2D eigenvalue weighted by Crippen LogP contribution is 2.37. The van der Waals surface area contributed by atoms with Crippen molar-refractivity contribution in [2.24, 2.45) is 0 Å².